The summed E-state index contributed by atoms with van der Waals surface area (Å²) in [6.45, 7) is 1.53. The van der Waals surface area contributed by atoms with Gasteiger partial charge in [-0.1, -0.05) is 30.3 Å². The second-order valence-electron chi connectivity index (χ2n) is 8.34. The lowest BCUT2D eigenvalue weighted by molar-refractivity contribution is -0.132. The summed E-state index contributed by atoms with van der Waals surface area (Å²) in [6, 6.07) is 10.9. The van der Waals surface area contributed by atoms with E-state index in [1.54, 1.807) is 0 Å². The Hall–Kier alpha value is -3.37. The normalized spacial score (nSPS) is 13.4. The van der Waals surface area contributed by atoms with Gasteiger partial charge in [0, 0.05) is 32.5 Å². The summed E-state index contributed by atoms with van der Waals surface area (Å²) in [7, 11) is 0. The van der Waals surface area contributed by atoms with Crippen LogP contribution in [0.2, 0.25) is 0 Å². The molecule has 6 N–H and O–H groups in total. The molecule has 3 atom stereocenters. The fraction of sp³-hybridized carbons (Fsp3) is 0.400. The van der Waals surface area contributed by atoms with Gasteiger partial charge < -0.3 is 26.8 Å². The number of carbonyl (C=O) groups is 3. The van der Waals surface area contributed by atoms with Gasteiger partial charge in [-0.25, -0.2) is 8.78 Å². The van der Waals surface area contributed by atoms with Crippen LogP contribution < -0.4 is 21.7 Å². The van der Waals surface area contributed by atoms with Crippen molar-refractivity contribution < 1.29 is 28.3 Å². The molecule has 2 aromatic carbocycles. The van der Waals surface area contributed by atoms with Crippen molar-refractivity contribution in [2.24, 2.45) is 5.73 Å². The van der Waals surface area contributed by atoms with Gasteiger partial charge in [-0.2, -0.15) is 0 Å². The fourth-order valence-electron chi connectivity index (χ4n) is 3.51. The first-order chi connectivity index (χ1) is 16.7. The summed E-state index contributed by atoms with van der Waals surface area (Å²) in [5, 5.41) is 18.2. The minimum Gasteiger partial charge on any atom is -0.381 e. The molecule has 2 aromatic rings. The Morgan fingerprint density at radius 3 is 2.43 bits per heavy atom. The molecule has 0 heterocycles. The molecule has 3 amide bonds. The molecule has 190 valence electrons. The maximum atomic E-state index is 13.7. The van der Waals surface area contributed by atoms with E-state index in [9.17, 15) is 28.3 Å². The lowest BCUT2D eigenvalue weighted by Gasteiger charge is -2.23. The van der Waals surface area contributed by atoms with Crippen molar-refractivity contribution in [2.75, 3.05) is 13.1 Å². The van der Waals surface area contributed by atoms with Crippen molar-refractivity contribution in [2.45, 2.75) is 50.8 Å². The Bertz CT molecular complexity index is 991. The zero-order valence-electron chi connectivity index (χ0n) is 19.6. The third kappa shape index (κ3) is 10.2. The summed E-state index contributed by atoms with van der Waals surface area (Å²) in [5.74, 6) is -2.45. The average molecular weight is 491 g/mol. The second kappa shape index (κ2) is 14.1. The predicted molar refractivity (Wildman–Crippen MR) is 127 cm³/mol. The molecule has 2 rings (SSSR count). The molecule has 0 aliphatic rings. The highest BCUT2D eigenvalue weighted by molar-refractivity contribution is 5.83. The molecule has 8 nitrogen and oxygen atoms in total. The summed E-state index contributed by atoms with van der Waals surface area (Å²) >= 11 is 0. The number of nitrogens with two attached hydrogens (primary N) is 1. The molecule has 0 spiro atoms. The molecule has 0 saturated carbocycles. The van der Waals surface area contributed by atoms with Crippen molar-refractivity contribution in [3.8, 4) is 0 Å². The molecule has 0 aliphatic carbocycles. The summed E-state index contributed by atoms with van der Waals surface area (Å²) in [4.78, 5) is 35.9. The van der Waals surface area contributed by atoms with Crippen LogP contribution in [0.5, 0.6) is 0 Å². The van der Waals surface area contributed by atoms with E-state index in [1.807, 2.05) is 30.3 Å². The van der Waals surface area contributed by atoms with Gasteiger partial charge in [0.2, 0.25) is 11.8 Å². The zero-order valence-corrected chi connectivity index (χ0v) is 19.6. The molecular formula is C25H32F2N4O4. The minimum absolute atomic E-state index is 0.0657. The Morgan fingerprint density at radius 2 is 1.74 bits per heavy atom. The topological polar surface area (TPSA) is 134 Å². The average Bonchev–Trinajstić information content (AvgIpc) is 2.82. The molecule has 3 unspecified atom stereocenters. The van der Waals surface area contributed by atoms with E-state index in [4.69, 9.17) is 5.73 Å². The Morgan fingerprint density at radius 1 is 1.03 bits per heavy atom. The van der Waals surface area contributed by atoms with E-state index in [1.165, 1.54) is 6.92 Å². The maximum absolute atomic E-state index is 13.7. The Kier molecular flexibility index (Phi) is 11.2. The summed E-state index contributed by atoms with van der Waals surface area (Å²) in [5.41, 5.74) is 6.89. The number of hydrogen-bond donors (Lipinski definition) is 5. The van der Waals surface area contributed by atoms with Crippen LogP contribution in [0, 0.1) is 11.6 Å². The van der Waals surface area contributed by atoms with Crippen LogP contribution in [0.3, 0.4) is 0 Å². The van der Waals surface area contributed by atoms with Gasteiger partial charge in [0.05, 0.1) is 6.04 Å². The molecule has 0 bridgehead atoms. The van der Waals surface area contributed by atoms with Gasteiger partial charge in [-0.05, 0) is 48.6 Å². The number of nitrogens with one attached hydrogen (secondary N) is 3. The van der Waals surface area contributed by atoms with Crippen molar-refractivity contribution in [3.05, 3.63) is 71.3 Å². The molecule has 35 heavy (non-hydrogen) atoms. The Labute approximate surface area is 203 Å². The van der Waals surface area contributed by atoms with Crippen LogP contribution in [-0.2, 0) is 27.2 Å². The molecule has 0 aliphatic heterocycles. The Balaban J connectivity index is 1.71. The number of benzene rings is 2. The number of carbonyl (C=O) groups excluding carboxylic acids is 3. The molecule has 0 fully saturated rings. The summed E-state index contributed by atoms with van der Waals surface area (Å²) < 4.78 is 26.9. The minimum atomic E-state index is -1.46. The number of rotatable bonds is 13. The SMILES string of the molecule is CC(=O)NC(Cc1ccccc1)C(O)C(=O)NCCCC(=O)NCC(N)Cc1cc(F)ccc1F. The van der Waals surface area contributed by atoms with Crippen molar-refractivity contribution in [1.29, 1.82) is 0 Å². The molecular weight excluding hydrogens is 458 g/mol. The quantitative estimate of drug-likeness (QED) is 0.267. The van der Waals surface area contributed by atoms with Gasteiger partial charge >= 0.3 is 0 Å². The highest BCUT2D eigenvalue weighted by atomic mass is 19.1. The van der Waals surface area contributed by atoms with Gasteiger partial charge in [0.25, 0.3) is 5.91 Å². The zero-order chi connectivity index (χ0) is 25.8. The second-order valence-corrected chi connectivity index (χ2v) is 8.34. The number of halogens is 2. The van der Waals surface area contributed by atoms with Crippen LogP contribution in [0.4, 0.5) is 8.78 Å². The fourth-order valence-corrected chi connectivity index (χ4v) is 3.51. The molecule has 10 heteroatoms. The van der Waals surface area contributed by atoms with Crippen LogP contribution in [0.15, 0.2) is 48.5 Å². The van der Waals surface area contributed by atoms with E-state index in [0.29, 0.717) is 6.42 Å². The first kappa shape index (κ1) is 27.9. The molecule has 0 aromatic heterocycles. The largest absolute Gasteiger partial charge is 0.381 e. The van der Waals surface area contributed by atoms with E-state index in [0.717, 1.165) is 23.8 Å². The number of aliphatic hydroxyl groups is 1. The first-order valence-corrected chi connectivity index (χ1v) is 11.4. The van der Waals surface area contributed by atoms with Crippen LogP contribution in [0.25, 0.3) is 0 Å². The number of hydrogen-bond acceptors (Lipinski definition) is 5. The molecule has 0 radical (unpaired) electrons. The van der Waals surface area contributed by atoms with Gasteiger partial charge in [0.15, 0.2) is 6.10 Å². The monoisotopic (exact) mass is 490 g/mol. The van der Waals surface area contributed by atoms with E-state index < -0.39 is 35.7 Å². The van der Waals surface area contributed by atoms with Crippen molar-refractivity contribution in [1.82, 2.24) is 16.0 Å². The van der Waals surface area contributed by atoms with Gasteiger partial charge in [0.1, 0.15) is 11.6 Å². The van der Waals surface area contributed by atoms with Crippen molar-refractivity contribution >= 4 is 17.7 Å². The third-order valence-corrected chi connectivity index (χ3v) is 5.27. The van der Waals surface area contributed by atoms with E-state index >= 15 is 0 Å². The standard InChI is InChI=1S/C25H32F2N4O4/c1-16(32)31-22(12-17-6-3-2-4-7-17)24(34)25(35)29-11-5-8-23(33)30-15-20(28)14-18-13-19(26)9-10-21(18)27/h2-4,6-7,9-10,13,20,22,24,34H,5,8,11-12,14-15,28H2,1H3,(H,29,35)(H,30,33)(H,31,32). The van der Waals surface area contributed by atoms with Crippen LogP contribution in [-0.4, -0.2) is 54.1 Å². The predicted octanol–water partition coefficient (Wildman–Crippen LogP) is 0.956. The third-order valence-electron chi connectivity index (χ3n) is 5.27. The summed E-state index contributed by atoms with van der Waals surface area (Å²) in [6.07, 6.45) is -0.722. The lowest BCUT2D eigenvalue weighted by atomic mass is 10.0. The smallest absolute Gasteiger partial charge is 0.251 e. The first-order valence-electron chi connectivity index (χ1n) is 11.4. The lowest BCUT2D eigenvalue weighted by Crippen LogP contribution is -2.51. The van der Waals surface area contributed by atoms with Gasteiger partial charge in [-0.15, -0.1) is 0 Å². The number of amides is 3. The maximum Gasteiger partial charge on any atom is 0.251 e. The van der Waals surface area contributed by atoms with Crippen LogP contribution >= 0.6 is 0 Å². The van der Waals surface area contributed by atoms with E-state index in [-0.39, 0.29) is 49.7 Å². The number of aliphatic hydroxyl groups excluding tert-OH is 1. The molecule has 0 saturated heterocycles. The van der Waals surface area contributed by atoms with Gasteiger partial charge in [-0.3, -0.25) is 14.4 Å². The highest BCUT2D eigenvalue weighted by Gasteiger charge is 2.27. The van der Waals surface area contributed by atoms with Crippen LogP contribution in [0.1, 0.15) is 30.9 Å². The van der Waals surface area contributed by atoms with E-state index in [2.05, 4.69) is 16.0 Å². The van der Waals surface area contributed by atoms with Crippen molar-refractivity contribution in [3.63, 3.8) is 0 Å². The highest BCUT2D eigenvalue weighted by Crippen LogP contribution is 2.11.